The molecule has 12 heteroatoms. The van der Waals surface area contributed by atoms with Crippen LogP contribution >= 0.6 is 11.8 Å². The number of H-pyrrole nitrogens is 1. The number of aromatic nitrogens is 4. The summed E-state index contributed by atoms with van der Waals surface area (Å²) in [6, 6.07) is 2.65. The van der Waals surface area contributed by atoms with Crippen molar-refractivity contribution in [3.63, 3.8) is 0 Å². The molecule has 0 saturated heterocycles. The molecule has 3 aromatic rings. The molecule has 0 saturated carbocycles. The van der Waals surface area contributed by atoms with Crippen molar-refractivity contribution in [2.45, 2.75) is 30.1 Å². The highest BCUT2D eigenvalue weighted by Crippen LogP contribution is 2.34. The summed E-state index contributed by atoms with van der Waals surface area (Å²) < 4.78 is 52.8. The van der Waals surface area contributed by atoms with Crippen molar-refractivity contribution in [3.8, 4) is 0 Å². The molecule has 154 valence electrons. The lowest BCUT2D eigenvalue weighted by Crippen LogP contribution is -2.21. The zero-order valence-corrected chi connectivity index (χ0v) is 15.7. The molecular weight excluding hydrogens is 414 g/mol. The Kier molecular flexibility index (Phi) is 6.03. The first-order valence-electron chi connectivity index (χ1n) is 8.31. The van der Waals surface area contributed by atoms with Gasteiger partial charge in [0.25, 0.3) is 5.56 Å². The van der Waals surface area contributed by atoms with E-state index in [1.165, 1.54) is 6.07 Å². The minimum absolute atomic E-state index is 0.0885. The number of aromatic amines is 1. The van der Waals surface area contributed by atoms with E-state index in [2.05, 4.69) is 25.3 Å². The molecule has 2 heterocycles. The van der Waals surface area contributed by atoms with E-state index in [1.807, 2.05) is 0 Å². The summed E-state index contributed by atoms with van der Waals surface area (Å²) in [5.74, 6) is -1.30. The predicted octanol–water partition coefficient (Wildman–Crippen LogP) is 2.96. The lowest BCUT2D eigenvalue weighted by molar-refractivity contribution is -0.140. The summed E-state index contributed by atoms with van der Waals surface area (Å²) in [6.45, 7) is 1.48. The molecule has 0 amide bonds. The van der Waals surface area contributed by atoms with Crippen LogP contribution in [0.5, 0.6) is 0 Å². The monoisotopic (exact) mass is 429 g/mol. The van der Waals surface area contributed by atoms with Crippen molar-refractivity contribution in [2.75, 3.05) is 11.9 Å². The van der Waals surface area contributed by atoms with E-state index in [4.69, 9.17) is 0 Å². The molecule has 0 unspecified atom stereocenters. The van der Waals surface area contributed by atoms with Crippen molar-refractivity contribution in [1.29, 1.82) is 0 Å². The molecule has 29 heavy (non-hydrogen) atoms. The second kappa shape index (κ2) is 8.33. The largest absolute Gasteiger partial charge is 0.419 e. The molecule has 0 aliphatic heterocycles. The van der Waals surface area contributed by atoms with Crippen LogP contribution in [0, 0.1) is 5.82 Å². The second-order valence-corrected chi connectivity index (χ2v) is 7.04. The Balaban J connectivity index is 1.94. The Hall–Kier alpha value is -2.73. The molecule has 0 aliphatic carbocycles. The van der Waals surface area contributed by atoms with Gasteiger partial charge in [-0.2, -0.15) is 13.2 Å². The van der Waals surface area contributed by atoms with Crippen LogP contribution < -0.4 is 10.9 Å². The lowest BCUT2D eigenvalue weighted by Gasteiger charge is -2.14. The second-order valence-electron chi connectivity index (χ2n) is 6.09. The summed E-state index contributed by atoms with van der Waals surface area (Å²) in [5, 5.41) is 12.2. The third-order valence-electron chi connectivity index (χ3n) is 3.81. The highest BCUT2D eigenvalue weighted by Gasteiger charge is 2.34. The Bertz CT molecular complexity index is 1090. The van der Waals surface area contributed by atoms with Crippen LogP contribution in [0.15, 0.2) is 34.3 Å². The van der Waals surface area contributed by atoms with Crippen LogP contribution in [0.4, 0.5) is 23.4 Å². The first-order valence-corrected chi connectivity index (χ1v) is 9.29. The number of rotatable bonds is 6. The molecule has 0 fully saturated rings. The van der Waals surface area contributed by atoms with Crippen molar-refractivity contribution >= 4 is 28.7 Å². The third kappa shape index (κ3) is 4.82. The first-order chi connectivity index (χ1) is 13.7. The molecule has 2 aromatic heterocycles. The van der Waals surface area contributed by atoms with Crippen molar-refractivity contribution in [1.82, 2.24) is 19.9 Å². The van der Waals surface area contributed by atoms with Crippen LogP contribution in [0.1, 0.15) is 18.1 Å². The molecule has 3 rings (SSSR count). The maximum atomic E-state index is 14.2. The standard InChI is InChI=1S/C17H15F4N5O2S/c1-8(6-27)23-14-13-15(24-11(28)5-22-13)26-16(25-14)29-7-9-3-2-4-10(12(9)18)17(19,20)21/h2-5,8,27H,6-7H2,1H3,(H2,23,24,25,26,28)/t8-/m1/s1. The average molecular weight is 429 g/mol. The number of hydrogen-bond donors (Lipinski definition) is 3. The van der Waals surface area contributed by atoms with Crippen LogP contribution in [-0.2, 0) is 11.9 Å². The Morgan fingerprint density at radius 3 is 2.76 bits per heavy atom. The number of aliphatic hydroxyl groups is 1. The van der Waals surface area contributed by atoms with Gasteiger partial charge < -0.3 is 15.4 Å². The van der Waals surface area contributed by atoms with Gasteiger partial charge in [0.2, 0.25) is 0 Å². The minimum atomic E-state index is -4.80. The van der Waals surface area contributed by atoms with Gasteiger partial charge in [0.15, 0.2) is 16.6 Å². The minimum Gasteiger partial charge on any atom is -0.394 e. The molecule has 1 atom stereocenters. The van der Waals surface area contributed by atoms with Gasteiger partial charge in [0, 0.05) is 11.8 Å². The first kappa shape index (κ1) is 21.0. The molecule has 0 radical (unpaired) electrons. The smallest absolute Gasteiger partial charge is 0.394 e. The Morgan fingerprint density at radius 1 is 1.31 bits per heavy atom. The topological polar surface area (TPSA) is 104 Å². The number of benzene rings is 1. The molecule has 1 aromatic carbocycles. The van der Waals surface area contributed by atoms with E-state index in [1.54, 1.807) is 6.92 Å². The number of aliphatic hydroxyl groups excluding tert-OH is 1. The Morgan fingerprint density at radius 2 is 2.07 bits per heavy atom. The van der Waals surface area contributed by atoms with E-state index in [0.717, 1.165) is 24.0 Å². The van der Waals surface area contributed by atoms with Gasteiger partial charge >= 0.3 is 6.18 Å². The summed E-state index contributed by atoms with van der Waals surface area (Å²) in [6.07, 6.45) is -3.75. The molecule has 0 aliphatic rings. The van der Waals surface area contributed by atoms with Gasteiger partial charge in [-0.3, -0.25) is 4.79 Å². The van der Waals surface area contributed by atoms with Gasteiger partial charge in [-0.25, -0.2) is 19.3 Å². The maximum absolute atomic E-state index is 14.2. The molecular formula is C17H15F4N5O2S. The van der Waals surface area contributed by atoms with Crippen LogP contribution in [-0.4, -0.2) is 37.7 Å². The highest BCUT2D eigenvalue weighted by molar-refractivity contribution is 7.98. The highest BCUT2D eigenvalue weighted by atomic mass is 32.2. The van der Waals surface area contributed by atoms with Gasteiger partial charge in [-0.1, -0.05) is 23.9 Å². The fourth-order valence-electron chi connectivity index (χ4n) is 2.41. The number of nitrogens with one attached hydrogen (secondary N) is 2. The molecule has 0 bridgehead atoms. The fourth-order valence-corrected chi connectivity index (χ4v) is 3.23. The maximum Gasteiger partial charge on any atom is 0.419 e. The quantitative estimate of drug-likeness (QED) is 0.314. The van der Waals surface area contributed by atoms with Crippen LogP contribution in [0.2, 0.25) is 0 Å². The van der Waals surface area contributed by atoms with E-state index in [9.17, 15) is 27.5 Å². The number of halogens is 4. The molecule has 0 spiro atoms. The van der Waals surface area contributed by atoms with Crippen LogP contribution in [0.25, 0.3) is 11.2 Å². The number of nitrogens with zero attached hydrogens (tertiary/aromatic N) is 3. The molecule has 7 nitrogen and oxygen atoms in total. The van der Waals surface area contributed by atoms with Gasteiger partial charge in [0.1, 0.15) is 11.3 Å². The average Bonchev–Trinajstić information content (AvgIpc) is 2.65. The van der Waals surface area contributed by atoms with E-state index >= 15 is 0 Å². The summed E-state index contributed by atoms with van der Waals surface area (Å²) >= 11 is 0.895. The molecule has 3 N–H and O–H groups in total. The van der Waals surface area contributed by atoms with E-state index in [0.29, 0.717) is 6.07 Å². The summed E-state index contributed by atoms with van der Waals surface area (Å²) in [4.78, 5) is 26.4. The zero-order valence-electron chi connectivity index (χ0n) is 14.9. The van der Waals surface area contributed by atoms with E-state index < -0.39 is 23.1 Å². The lowest BCUT2D eigenvalue weighted by atomic mass is 10.1. The normalized spacial score (nSPS) is 12.9. The number of anilines is 1. The third-order valence-corrected chi connectivity index (χ3v) is 4.71. The van der Waals surface area contributed by atoms with Crippen LogP contribution in [0.3, 0.4) is 0 Å². The van der Waals surface area contributed by atoms with Crippen molar-refractivity contribution in [3.05, 3.63) is 51.7 Å². The van der Waals surface area contributed by atoms with Gasteiger partial charge in [-0.05, 0) is 18.6 Å². The van der Waals surface area contributed by atoms with Gasteiger partial charge in [0.05, 0.1) is 18.4 Å². The number of fused-ring (bicyclic) bond motifs is 1. The zero-order chi connectivity index (χ0) is 21.2. The van der Waals surface area contributed by atoms with Crippen molar-refractivity contribution in [2.24, 2.45) is 0 Å². The number of thioether (sulfide) groups is 1. The number of hydrogen-bond acceptors (Lipinski definition) is 7. The SMILES string of the molecule is C[C@H](CO)Nc1nc(SCc2cccc(C(F)(F)F)c2F)nc2[nH]c(=O)cnc12. The van der Waals surface area contributed by atoms with Crippen molar-refractivity contribution < 1.29 is 22.7 Å². The number of alkyl halides is 3. The summed E-state index contributed by atoms with van der Waals surface area (Å²) in [5.41, 5.74) is -1.65. The fraction of sp³-hybridized carbons (Fsp3) is 0.294. The summed E-state index contributed by atoms with van der Waals surface area (Å²) in [7, 11) is 0. The Labute approximate surface area is 165 Å². The predicted molar refractivity (Wildman–Crippen MR) is 99.1 cm³/mol. The van der Waals surface area contributed by atoms with E-state index in [-0.39, 0.29) is 46.1 Å². The van der Waals surface area contributed by atoms with Gasteiger partial charge in [-0.15, -0.1) is 0 Å².